The fourth-order valence-electron chi connectivity index (χ4n) is 5.73. The first-order valence-corrected chi connectivity index (χ1v) is 12.7. The highest BCUT2D eigenvalue weighted by molar-refractivity contribution is 5.87. The molecule has 35 heavy (non-hydrogen) atoms. The Balaban J connectivity index is 1.24. The maximum atomic E-state index is 13.2. The number of ether oxygens (including phenoxy) is 1. The second-order valence-electron chi connectivity index (χ2n) is 10.4. The number of hydrogen-bond donors (Lipinski definition) is 1. The lowest BCUT2D eigenvalue weighted by Crippen LogP contribution is -2.52. The van der Waals surface area contributed by atoms with Crippen LogP contribution in [0.2, 0.25) is 0 Å². The fourth-order valence-corrected chi connectivity index (χ4v) is 5.73. The van der Waals surface area contributed by atoms with Crippen molar-refractivity contribution in [2.24, 2.45) is 5.41 Å². The summed E-state index contributed by atoms with van der Waals surface area (Å²) in [4.78, 5) is 43.1. The van der Waals surface area contributed by atoms with Crippen molar-refractivity contribution in [3.05, 3.63) is 30.1 Å². The third-order valence-corrected chi connectivity index (χ3v) is 7.84. The molecule has 1 aromatic rings. The first kappa shape index (κ1) is 25.4. The lowest BCUT2D eigenvalue weighted by Gasteiger charge is -2.41. The van der Waals surface area contributed by atoms with Gasteiger partial charge >= 0.3 is 5.97 Å². The number of nitrogens with zero attached hydrogens (tertiary/aromatic N) is 3. The first-order chi connectivity index (χ1) is 16.7. The highest BCUT2D eigenvalue weighted by Gasteiger charge is 2.51. The van der Waals surface area contributed by atoms with Gasteiger partial charge in [-0.05, 0) is 57.4 Å². The topological polar surface area (TPSA) is 82.2 Å². The summed E-state index contributed by atoms with van der Waals surface area (Å²) in [5, 5.41) is 2.64. The lowest BCUT2D eigenvalue weighted by atomic mass is 9.75. The number of carbonyl (C=O) groups excluding carboxylic acids is 3. The van der Waals surface area contributed by atoms with Gasteiger partial charge in [0.25, 0.3) is 0 Å². The number of cyclic esters (lactones) is 1. The summed E-state index contributed by atoms with van der Waals surface area (Å²) >= 11 is 0. The Bertz CT molecular complexity index is 932. The number of esters is 1. The van der Waals surface area contributed by atoms with Gasteiger partial charge in [0, 0.05) is 64.3 Å². The molecule has 3 aliphatic rings. The number of carbonyl (C=O) groups is 3. The van der Waals surface area contributed by atoms with Crippen LogP contribution in [0, 0.1) is 11.2 Å². The molecule has 3 aliphatic heterocycles. The van der Waals surface area contributed by atoms with Crippen LogP contribution in [0.3, 0.4) is 0 Å². The van der Waals surface area contributed by atoms with Gasteiger partial charge in [-0.15, -0.1) is 0 Å². The van der Waals surface area contributed by atoms with E-state index in [1.54, 1.807) is 11.8 Å². The second kappa shape index (κ2) is 10.5. The summed E-state index contributed by atoms with van der Waals surface area (Å²) in [6.45, 7) is 9.84. The van der Waals surface area contributed by atoms with E-state index in [0.717, 1.165) is 38.3 Å². The molecule has 9 heteroatoms. The van der Waals surface area contributed by atoms with E-state index in [1.165, 1.54) is 19.1 Å². The zero-order chi connectivity index (χ0) is 25.2. The number of benzene rings is 1. The Hall–Kier alpha value is -2.68. The Labute approximate surface area is 206 Å². The van der Waals surface area contributed by atoms with E-state index in [1.807, 2.05) is 12.1 Å². The number of anilines is 1. The molecular weight excluding hydrogens is 451 g/mol. The minimum absolute atomic E-state index is 0.0922. The van der Waals surface area contributed by atoms with Crippen molar-refractivity contribution in [1.82, 2.24) is 15.1 Å². The molecule has 3 heterocycles. The van der Waals surface area contributed by atoms with Crippen LogP contribution in [0.25, 0.3) is 0 Å². The second-order valence-corrected chi connectivity index (χ2v) is 10.4. The zero-order valence-electron chi connectivity index (χ0n) is 21.0. The van der Waals surface area contributed by atoms with Crippen molar-refractivity contribution >= 4 is 23.5 Å². The van der Waals surface area contributed by atoms with Crippen molar-refractivity contribution in [2.45, 2.75) is 64.6 Å². The molecule has 3 atom stereocenters. The molecule has 0 aromatic heterocycles. The number of piperidine rings is 1. The molecular formula is C26H37FN4O4. The van der Waals surface area contributed by atoms with Crippen LogP contribution in [0.5, 0.6) is 0 Å². The lowest BCUT2D eigenvalue weighted by molar-refractivity contribution is -0.153. The van der Waals surface area contributed by atoms with E-state index in [-0.39, 0.29) is 29.7 Å². The van der Waals surface area contributed by atoms with Crippen LogP contribution in [-0.2, 0) is 19.1 Å². The van der Waals surface area contributed by atoms with Crippen LogP contribution in [0.4, 0.5) is 10.1 Å². The van der Waals surface area contributed by atoms with E-state index in [0.29, 0.717) is 38.4 Å². The maximum absolute atomic E-state index is 13.2. The van der Waals surface area contributed by atoms with Crippen molar-refractivity contribution in [3.8, 4) is 0 Å². The summed E-state index contributed by atoms with van der Waals surface area (Å²) in [6.07, 6.45) is 2.63. The minimum atomic E-state index is -0.560. The molecule has 2 amide bonds. The van der Waals surface area contributed by atoms with Crippen molar-refractivity contribution in [1.29, 1.82) is 0 Å². The summed E-state index contributed by atoms with van der Waals surface area (Å²) in [6, 6.07) is 6.44. The number of rotatable bonds is 6. The molecule has 0 unspecified atom stereocenters. The molecule has 0 bridgehead atoms. The van der Waals surface area contributed by atoms with Crippen LogP contribution in [0.15, 0.2) is 24.3 Å². The van der Waals surface area contributed by atoms with E-state index >= 15 is 0 Å². The molecule has 3 fully saturated rings. The van der Waals surface area contributed by atoms with Gasteiger partial charge in [0.2, 0.25) is 11.8 Å². The molecule has 192 valence electrons. The van der Waals surface area contributed by atoms with Crippen LogP contribution < -0.4 is 10.2 Å². The largest absolute Gasteiger partial charge is 0.462 e. The van der Waals surface area contributed by atoms with Gasteiger partial charge in [0.1, 0.15) is 18.0 Å². The van der Waals surface area contributed by atoms with Crippen molar-refractivity contribution in [2.75, 3.05) is 44.2 Å². The summed E-state index contributed by atoms with van der Waals surface area (Å²) in [5.74, 6) is -0.681. The molecule has 0 aliphatic carbocycles. The molecule has 3 saturated heterocycles. The molecule has 4 rings (SSSR count). The Morgan fingerprint density at radius 2 is 1.86 bits per heavy atom. The van der Waals surface area contributed by atoms with Crippen molar-refractivity contribution in [3.63, 3.8) is 0 Å². The van der Waals surface area contributed by atoms with Gasteiger partial charge in [-0.2, -0.15) is 0 Å². The molecule has 1 spiro atoms. The van der Waals surface area contributed by atoms with E-state index in [2.05, 4.69) is 22.0 Å². The van der Waals surface area contributed by atoms with Gasteiger partial charge < -0.3 is 19.9 Å². The van der Waals surface area contributed by atoms with Gasteiger partial charge in [-0.25, -0.2) is 4.39 Å². The fraction of sp³-hybridized carbons (Fsp3) is 0.654. The Kier molecular flexibility index (Phi) is 7.64. The zero-order valence-corrected chi connectivity index (χ0v) is 21.0. The van der Waals surface area contributed by atoms with Gasteiger partial charge in [-0.3, -0.25) is 19.3 Å². The van der Waals surface area contributed by atoms with Gasteiger partial charge in [0.05, 0.1) is 5.41 Å². The molecule has 0 saturated carbocycles. The molecule has 1 aromatic carbocycles. The predicted octanol–water partition coefficient (Wildman–Crippen LogP) is 2.18. The third kappa shape index (κ3) is 5.77. The normalized spacial score (nSPS) is 25.4. The maximum Gasteiger partial charge on any atom is 0.312 e. The van der Waals surface area contributed by atoms with Crippen LogP contribution in [0.1, 0.15) is 46.5 Å². The third-order valence-electron chi connectivity index (χ3n) is 7.84. The first-order valence-electron chi connectivity index (χ1n) is 12.7. The van der Waals surface area contributed by atoms with Gasteiger partial charge in [-0.1, -0.05) is 0 Å². The van der Waals surface area contributed by atoms with Crippen LogP contribution in [-0.4, -0.2) is 85.0 Å². The SMILES string of the molecule is CC(=O)N[C@@H](C)C(=O)N1CCC2(CC1)C[C@H](CCN1CCN(c3ccc(F)cc3)C[C@@H]1C)OC2=O. The van der Waals surface area contributed by atoms with E-state index in [9.17, 15) is 18.8 Å². The number of nitrogens with one attached hydrogen (secondary N) is 1. The van der Waals surface area contributed by atoms with E-state index < -0.39 is 11.5 Å². The number of piperazine rings is 1. The molecule has 0 radical (unpaired) electrons. The summed E-state index contributed by atoms with van der Waals surface area (Å²) in [5.41, 5.74) is 0.548. The summed E-state index contributed by atoms with van der Waals surface area (Å²) < 4.78 is 19.0. The number of amides is 2. The van der Waals surface area contributed by atoms with Crippen molar-refractivity contribution < 1.29 is 23.5 Å². The standard InChI is InChI=1S/C26H37FN4O4/c1-18-17-31(22-6-4-21(27)5-7-22)15-14-29(18)11-8-23-16-26(25(34)35-23)9-12-30(13-10-26)24(33)19(2)28-20(3)32/h4-7,18-19,23H,8-17H2,1-3H3,(H,28,32)/t18-,19-,23-/m0/s1. The quantitative estimate of drug-likeness (QED) is 0.618. The van der Waals surface area contributed by atoms with Crippen LogP contribution >= 0.6 is 0 Å². The highest BCUT2D eigenvalue weighted by atomic mass is 19.1. The monoisotopic (exact) mass is 488 g/mol. The Morgan fingerprint density at radius 3 is 2.49 bits per heavy atom. The smallest absolute Gasteiger partial charge is 0.312 e. The Morgan fingerprint density at radius 1 is 1.17 bits per heavy atom. The number of halogens is 1. The molecule has 8 nitrogen and oxygen atoms in total. The average Bonchev–Trinajstić information content (AvgIpc) is 3.12. The molecule has 1 N–H and O–H groups in total. The number of hydrogen-bond acceptors (Lipinski definition) is 6. The average molecular weight is 489 g/mol. The highest BCUT2D eigenvalue weighted by Crippen LogP contribution is 2.44. The van der Waals surface area contributed by atoms with E-state index in [4.69, 9.17) is 4.74 Å². The summed E-state index contributed by atoms with van der Waals surface area (Å²) in [7, 11) is 0. The predicted molar refractivity (Wildman–Crippen MR) is 130 cm³/mol. The van der Waals surface area contributed by atoms with Gasteiger partial charge in [0.15, 0.2) is 0 Å². The minimum Gasteiger partial charge on any atom is -0.462 e. The number of likely N-dealkylation sites (tertiary alicyclic amines) is 1.